The molecule has 3 heterocycles. The Morgan fingerprint density at radius 3 is 2.71 bits per heavy atom. The van der Waals surface area contributed by atoms with E-state index >= 15 is 0 Å². The average Bonchev–Trinajstić information content (AvgIpc) is 3.49. The molecule has 0 radical (unpaired) electrons. The Hall–Kier alpha value is -1.59. The highest BCUT2D eigenvalue weighted by molar-refractivity contribution is 14.0. The Labute approximate surface area is 202 Å². The summed E-state index contributed by atoms with van der Waals surface area (Å²) < 4.78 is 12.9. The quantitative estimate of drug-likeness (QED) is 0.272. The van der Waals surface area contributed by atoms with E-state index in [2.05, 4.69) is 40.5 Å². The SMILES string of the molecule is CCNC(=NCc1c(C)nn(CCOC)c1C)NCC(c1ccco1)N1CCCC1.I. The van der Waals surface area contributed by atoms with E-state index < -0.39 is 0 Å². The highest BCUT2D eigenvalue weighted by Gasteiger charge is 2.25. The number of guanidine groups is 1. The van der Waals surface area contributed by atoms with E-state index in [0.717, 1.165) is 55.8 Å². The van der Waals surface area contributed by atoms with Gasteiger partial charge in [-0.25, -0.2) is 4.99 Å². The highest BCUT2D eigenvalue weighted by Crippen LogP contribution is 2.24. The van der Waals surface area contributed by atoms with Gasteiger partial charge in [0.05, 0.1) is 37.7 Å². The predicted octanol–water partition coefficient (Wildman–Crippen LogP) is 3.25. The Morgan fingerprint density at radius 2 is 2.06 bits per heavy atom. The lowest BCUT2D eigenvalue weighted by atomic mass is 10.2. The molecule has 0 spiro atoms. The van der Waals surface area contributed by atoms with Crippen molar-refractivity contribution in [2.45, 2.75) is 52.7 Å². The second-order valence-electron chi connectivity index (χ2n) is 7.72. The zero-order valence-electron chi connectivity index (χ0n) is 19.2. The number of nitrogens with one attached hydrogen (secondary N) is 2. The van der Waals surface area contributed by atoms with Crippen molar-refractivity contribution in [3.63, 3.8) is 0 Å². The molecule has 9 heteroatoms. The van der Waals surface area contributed by atoms with E-state index in [-0.39, 0.29) is 30.0 Å². The molecule has 1 fully saturated rings. The highest BCUT2D eigenvalue weighted by atomic mass is 127. The molecule has 1 saturated heterocycles. The number of rotatable bonds is 10. The van der Waals surface area contributed by atoms with E-state index in [9.17, 15) is 0 Å². The van der Waals surface area contributed by atoms with E-state index in [4.69, 9.17) is 14.1 Å². The van der Waals surface area contributed by atoms with Gasteiger partial charge in [0.25, 0.3) is 0 Å². The molecule has 1 aliphatic heterocycles. The molecule has 0 aromatic carbocycles. The van der Waals surface area contributed by atoms with Crippen LogP contribution in [0.3, 0.4) is 0 Å². The molecule has 31 heavy (non-hydrogen) atoms. The van der Waals surface area contributed by atoms with Crippen LogP contribution < -0.4 is 10.6 Å². The van der Waals surface area contributed by atoms with E-state index in [0.29, 0.717) is 13.2 Å². The minimum atomic E-state index is 0. The number of halogens is 1. The molecule has 2 N–H and O–H groups in total. The van der Waals surface area contributed by atoms with Crippen LogP contribution in [0.25, 0.3) is 0 Å². The van der Waals surface area contributed by atoms with E-state index in [1.54, 1.807) is 13.4 Å². The minimum Gasteiger partial charge on any atom is -0.468 e. The van der Waals surface area contributed by atoms with Crippen LogP contribution in [-0.4, -0.2) is 60.5 Å². The largest absolute Gasteiger partial charge is 0.468 e. The van der Waals surface area contributed by atoms with Gasteiger partial charge < -0.3 is 19.8 Å². The first kappa shape index (κ1) is 25.7. The zero-order chi connectivity index (χ0) is 21.3. The number of hydrogen-bond donors (Lipinski definition) is 2. The lowest BCUT2D eigenvalue weighted by Gasteiger charge is -2.26. The van der Waals surface area contributed by atoms with Crippen molar-refractivity contribution in [3.8, 4) is 0 Å². The molecule has 174 valence electrons. The van der Waals surface area contributed by atoms with Crippen LogP contribution in [0.4, 0.5) is 0 Å². The number of ether oxygens (including phenoxy) is 1. The van der Waals surface area contributed by atoms with Gasteiger partial charge in [0.15, 0.2) is 5.96 Å². The fourth-order valence-electron chi connectivity index (χ4n) is 4.00. The first-order chi connectivity index (χ1) is 14.6. The zero-order valence-corrected chi connectivity index (χ0v) is 21.5. The standard InChI is InChI=1S/C22H36N6O2.HI/c1-5-23-22(24-15-19-17(2)26-28(18(19)3)12-14-29-4)25-16-20(21-9-8-13-30-21)27-10-6-7-11-27;/h8-9,13,20H,5-7,10-12,14-16H2,1-4H3,(H2,23,24,25);1H. The normalized spacial score (nSPS) is 15.7. The Kier molecular flexibility index (Phi) is 10.8. The van der Waals surface area contributed by atoms with Crippen molar-refractivity contribution in [1.82, 2.24) is 25.3 Å². The molecule has 1 atom stereocenters. The first-order valence-electron chi connectivity index (χ1n) is 11.0. The topological polar surface area (TPSA) is 79.8 Å². The van der Waals surface area contributed by atoms with Gasteiger partial charge in [-0.1, -0.05) is 0 Å². The summed E-state index contributed by atoms with van der Waals surface area (Å²) in [6.45, 7) is 12.0. The molecule has 1 aliphatic rings. The molecule has 0 aliphatic carbocycles. The Bertz CT molecular complexity index is 799. The number of aromatic nitrogens is 2. The smallest absolute Gasteiger partial charge is 0.191 e. The molecular weight excluding hydrogens is 507 g/mol. The van der Waals surface area contributed by atoms with E-state index in [1.165, 1.54) is 18.4 Å². The summed E-state index contributed by atoms with van der Waals surface area (Å²) in [7, 11) is 1.71. The average molecular weight is 544 g/mol. The fourth-order valence-corrected chi connectivity index (χ4v) is 4.00. The summed E-state index contributed by atoms with van der Waals surface area (Å²) in [6.07, 6.45) is 4.25. The predicted molar refractivity (Wildman–Crippen MR) is 134 cm³/mol. The molecule has 8 nitrogen and oxygen atoms in total. The molecule has 0 saturated carbocycles. The third-order valence-electron chi connectivity index (χ3n) is 5.69. The first-order valence-corrected chi connectivity index (χ1v) is 11.0. The maximum absolute atomic E-state index is 5.73. The Balaban J connectivity index is 0.00000341. The van der Waals surface area contributed by atoms with Crippen LogP contribution in [0.1, 0.15) is 48.5 Å². The van der Waals surface area contributed by atoms with Crippen molar-refractivity contribution in [1.29, 1.82) is 0 Å². The van der Waals surface area contributed by atoms with Crippen molar-refractivity contribution in [2.75, 3.05) is 39.9 Å². The monoisotopic (exact) mass is 544 g/mol. The second-order valence-corrected chi connectivity index (χ2v) is 7.72. The van der Waals surface area contributed by atoms with Crippen LogP contribution in [0.5, 0.6) is 0 Å². The summed E-state index contributed by atoms with van der Waals surface area (Å²) in [5, 5.41) is 11.5. The Morgan fingerprint density at radius 1 is 1.29 bits per heavy atom. The third kappa shape index (κ3) is 6.95. The fraction of sp³-hybridized carbons (Fsp3) is 0.636. The molecule has 1 unspecified atom stereocenters. The van der Waals surface area contributed by atoms with Crippen molar-refractivity contribution < 1.29 is 9.15 Å². The number of methoxy groups -OCH3 is 1. The van der Waals surface area contributed by atoms with Gasteiger partial charge in [-0.2, -0.15) is 5.10 Å². The summed E-state index contributed by atoms with van der Waals surface area (Å²) >= 11 is 0. The maximum atomic E-state index is 5.73. The number of aliphatic imine (C=N–C) groups is 1. The molecule has 3 rings (SSSR count). The van der Waals surface area contributed by atoms with Crippen molar-refractivity contribution in [2.24, 2.45) is 4.99 Å². The summed E-state index contributed by atoms with van der Waals surface area (Å²) in [5.41, 5.74) is 3.34. The van der Waals surface area contributed by atoms with E-state index in [1.807, 2.05) is 17.7 Å². The van der Waals surface area contributed by atoms with Crippen LogP contribution in [0, 0.1) is 13.8 Å². The van der Waals surface area contributed by atoms with Crippen molar-refractivity contribution >= 4 is 29.9 Å². The van der Waals surface area contributed by atoms with Crippen LogP contribution >= 0.6 is 24.0 Å². The van der Waals surface area contributed by atoms with Gasteiger partial charge in [0.2, 0.25) is 0 Å². The van der Waals surface area contributed by atoms with Crippen LogP contribution in [-0.2, 0) is 17.8 Å². The summed E-state index contributed by atoms with van der Waals surface area (Å²) in [6, 6.07) is 4.24. The molecule has 2 aromatic heterocycles. The summed E-state index contributed by atoms with van der Waals surface area (Å²) in [5.74, 6) is 1.82. The second kappa shape index (κ2) is 13.1. The molecule has 0 amide bonds. The molecule has 2 aromatic rings. The van der Waals surface area contributed by atoms with Gasteiger partial charge in [-0.05, 0) is 58.8 Å². The maximum Gasteiger partial charge on any atom is 0.191 e. The molecular formula is C22H37IN6O2. The van der Waals surface area contributed by atoms with Gasteiger partial charge in [-0.3, -0.25) is 9.58 Å². The van der Waals surface area contributed by atoms with Gasteiger partial charge in [-0.15, -0.1) is 24.0 Å². The third-order valence-corrected chi connectivity index (χ3v) is 5.69. The lowest BCUT2D eigenvalue weighted by molar-refractivity contribution is 0.182. The number of aryl methyl sites for hydroxylation is 1. The molecule has 0 bridgehead atoms. The number of furan rings is 1. The van der Waals surface area contributed by atoms with Gasteiger partial charge in [0, 0.05) is 31.5 Å². The van der Waals surface area contributed by atoms with Crippen LogP contribution in [0.15, 0.2) is 27.8 Å². The minimum absolute atomic E-state index is 0. The lowest BCUT2D eigenvalue weighted by Crippen LogP contribution is -2.42. The number of likely N-dealkylation sites (tertiary alicyclic amines) is 1. The number of hydrogen-bond acceptors (Lipinski definition) is 5. The van der Waals surface area contributed by atoms with Crippen LogP contribution in [0.2, 0.25) is 0 Å². The summed E-state index contributed by atoms with van der Waals surface area (Å²) in [4.78, 5) is 7.33. The van der Waals surface area contributed by atoms with Gasteiger partial charge in [0.1, 0.15) is 5.76 Å². The van der Waals surface area contributed by atoms with Gasteiger partial charge >= 0.3 is 0 Å². The van der Waals surface area contributed by atoms with Crippen molar-refractivity contribution in [3.05, 3.63) is 41.1 Å². The number of nitrogens with zero attached hydrogens (tertiary/aromatic N) is 4.